The van der Waals surface area contributed by atoms with Crippen LogP contribution in [0.25, 0.3) is 0 Å². The third-order valence-corrected chi connectivity index (χ3v) is 3.90. The lowest BCUT2D eigenvalue weighted by atomic mass is 10.0. The van der Waals surface area contributed by atoms with Gasteiger partial charge in [-0.2, -0.15) is 0 Å². The van der Waals surface area contributed by atoms with Crippen molar-refractivity contribution >= 4 is 0 Å². The number of nitrogens with zero attached hydrogens (tertiary/aromatic N) is 1. The fraction of sp³-hybridized carbons (Fsp3) is 0.667. The summed E-state index contributed by atoms with van der Waals surface area (Å²) in [5.74, 6) is 0. The van der Waals surface area contributed by atoms with Gasteiger partial charge in [0.05, 0.1) is 0 Å². The monoisotopic (exact) mass is 291 g/mol. The third kappa shape index (κ3) is 9.22. The largest absolute Gasteiger partial charge is 0.264 e. The first-order valence-electron chi connectivity index (χ1n) is 8.42. The summed E-state index contributed by atoms with van der Waals surface area (Å²) < 4.78 is 0. The van der Waals surface area contributed by atoms with Crippen LogP contribution in [0.1, 0.15) is 75.8 Å². The van der Waals surface area contributed by atoms with Gasteiger partial charge >= 0.3 is 0 Å². The van der Waals surface area contributed by atoms with Crippen molar-refractivity contribution in [2.24, 2.45) is 0 Å². The molecule has 1 aromatic rings. The smallest absolute Gasteiger partial charge is 0.228 e. The van der Waals surface area contributed by atoms with Crippen LogP contribution in [0, 0.1) is 10.1 Å². The zero-order valence-electron chi connectivity index (χ0n) is 13.4. The summed E-state index contributed by atoms with van der Waals surface area (Å²) in [5, 5.41) is 10.4. The molecule has 0 aliphatic carbocycles. The minimum Gasteiger partial charge on any atom is -0.264 e. The van der Waals surface area contributed by atoms with Gasteiger partial charge in [0.15, 0.2) is 0 Å². The molecule has 0 spiro atoms. The van der Waals surface area contributed by atoms with Crippen molar-refractivity contribution in [1.29, 1.82) is 0 Å². The molecular formula is C18H29NO2. The number of rotatable bonds is 12. The van der Waals surface area contributed by atoms with Crippen LogP contribution in [0.3, 0.4) is 0 Å². The molecular weight excluding hydrogens is 262 g/mol. The maximum absolute atomic E-state index is 10.4. The topological polar surface area (TPSA) is 43.1 Å². The second-order valence-electron chi connectivity index (χ2n) is 5.89. The summed E-state index contributed by atoms with van der Waals surface area (Å²) in [6.45, 7) is 2.18. The van der Waals surface area contributed by atoms with Crippen LogP contribution in [0.15, 0.2) is 24.3 Å². The molecule has 3 heteroatoms. The average molecular weight is 291 g/mol. The quantitative estimate of drug-likeness (QED) is 0.288. The lowest BCUT2D eigenvalue weighted by Gasteiger charge is -2.03. The van der Waals surface area contributed by atoms with Crippen LogP contribution in [0.4, 0.5) is 0 Å². The van der Waals surface area contributed by atoms with Gasteiger partial charge in [0, 0.05) is 10.5 Å². The summed E-state index contributed by atoms with van der Waals surface area (Å²) in [5.41, 5.74) is 2.08. The van der Waals surface area contributed by atoms with Crippen molar-refractivity contribution in [3.8, 4) is 0 Å². The zero-order chi connectivity index (χ0) is 15.3. The van der Waals surface area contributed by atoms with Crippen molar-refractivity contribution in [2.45, 2.75) is 77.7 Å². The van der Waals surface area contributed by atoms with Gasteiger partial charge in [-0.05, 0) is 18.4 Å². The van der Waals surface area contributed by atoms with E-state index >= 15 is 0 Å². The molecule has 0 unspecified atom stereocenters. The number of hydrogen-bond donors (Lipinski definition) is 0. The average Bonchev–Trinajstić information content (AvgIpc) is 2.47. The Morgan fingerprint density at radius 1 is 0.810 bits per heavy atom. The number of unbranched alkanes of at least 4 members (excludes halogenated alkanes) is 8. The van der Waals surface area contributed by atoms with E-state index in [2.05, 4.69) is 6.92 Å². The molecule has 21 heavy (non-hydrogen) atoms. The number of nitro groups is 1. The van der Waals surface area contributed by atoms with Crippen LogP contribution in [0.2, 0.25) is 0 Å². The molecule has 0 aliphatic rings. The number of benzene rings is 1. The Balaban J connectivity index is 2.03. The lowest BCUT2D eigenvalue weighted by Crippen LogP contribution is -1.98. The Morgan fingerprint density at radius 3 is 1.81 bits per heavy atom. The highest BCUT2D eigenvalue weighted by Gasteiger charge is 2.01. The highest BCUT2D eigenvalue weighted by molar-refractivity contribution is 5.21. The van der Waals surface area contributed by atoms with E-state index in [9.17, 15) is 10.1 Å². The van der Waals surface area contributed by atoms with E-state index in [1.165, 1.54) is 63.4 Å². The Morgan fingerprint density at radius 2 is 1.29 bits per heavy atom. The molecule has 1 rings (SSSR count). The molecule has 118 valence electrons. The molecule has 0 amide bonds. The van der Waals surface area contributed by atoms with Crippen LogP contribution in [-0.4, -0.2) is 4.92 Å². The Kier molecular flexibility index (Phi) is 9.51. The first-order chi connectivity index (χ1) is 10.2. The molecule has 0 N–H and O–H groups in total. The van der Waals surface area contributed by atoms with Gasteiger partial charge in [0.1, 0.15) is 0 Å². The van der Waals surface area contributed by atoms with Gasteiger partial charge in [0.25, 0.3) is 0 Å². The Labute approximate surface area is 128 Å². The summed E-state index contributed by atoms with van der Waals surface area (Å²) in [6.07, 6.45) is 13.2. The van der Waals surface area contributed by atoms with Gasteiger partial charge < -0.3 is 0 Å². The molecule has 0 aliphatic heterocycles. The van der Waals surface area contributed by atoms with E-state index in [4.69, 9.17) is 0 Å². The predicted octanol–water partition coefficient (Wildman–Crippen LogP) is 5.54. The van der Waals surface area contributed by atoms with Gasteiger partial charge in [-0.1, -0.05) is 82.6 Å². The van der Waals surface area contributed by atoms with E-state index in [0.29, 0.717) is 0 Å². The van der Waals surface area contributed by atoms with Gasteiger partial charge in [-0.15, -0.1) is 0 Å². The van der Waals surface area contributed by atoms with Crippen LogP contribution >= 0.6 is 0 Å². The minimum atomic E-state index is -0.282. The van der Waals surface area contributed by atoms with Crippen LogP contribution < -0.4 is 0 Å². The van der Waals surface area contributed by atoms with Crippen molar-refractivity contribution in [3.05, 3.63) is 45.5 Å². The molecule has 0 aromatic heterocycles. The van der Waals surface area contributed by atoms with E-state index < -0.39 is 0 Å². The van der Waals surface area contributed by atoms with Gasteiger partial charge in [-0.3, -0.25) is 10.1 Å². The van der Waals surface area contributed by atoms with Crippen molar-refractivity contribution in [3.63, 3.8) is 0 Å². The van der Waals surface area contributed by atoms with Gasteiger partial charge in [0.2, 0.25) is 6.54 Å². The molecule has 0 radical (unpaired) electrons. The van der Waals surface area contributed by atoms with E-state index in [1.54, 1.807) is 0 Å². The molecule has 0 saturated heterocycles. The zero-order valence-corrected chi connectivity index (χ0v) is 13.4. The van der Waals surface area contributed by atoms with E-state index in [-0.39, 0.29) is 11.5 Å². The molecule has 0 bridgehead atoms. The first-order valence-corrected chi connectivity index (χ1v) is 8.42. The fourth-order valence-corrected chi connectivity index (χ4v) is 2.60. The van der Waals surface area contributed by atoms with Crippen LogP contribution in [0.5, 0.6) is 0 Å². The second kappa shape index (κ2) is 11.3. The number of hydrogen-bond acceptors (Lipinski definition) is 2. The second-order valence-corrected chi connectivity index (χ2v) is 5.89. The van der Waals surface area contributed by atoms with Crippen molar-refractivity contribution in [1.82, 2.24) is 0 Å². The lowest BCUT2D eigenvalue weighted by molar-refractivity contribution is -0.496. The molecule has 1 aromatic carbocycles. The fourth-order valence-electron chi connectivity index (χ4n) is 2.60. The Bertz CT molecular complexity index is 387. The molecule has 0 heterocycles. The standard InChI is InChI=1S/C18H29NO2/c1-2-3-4-5-6-7-8-9-10-11-17-12-14-18(15-13-17)16-19(20)21/h12-15H,2-11,16H2,1H3. The summed E-state index contributed by atoms with van der Waals surface area (Å²) in [7, 11) is 0. The summed E-state index contributed by atoms with van der Waals surface area (Å²) >= 11 is 0. The third-order valence-electron chi connectivity index (χ3n) is 3.90. The van der Waals surface area contributed by atoms with Crippen molar-refractivity contribution < 1.29 is 4.92 Å². The van der Waals surface area contributed by atoms with E-state index in [0.717, 1.165) is 12.0 Å². The normalized spacial score (nSPS) is 10.7. The molecule has 0 atom stereocenters. The van der Waals surface area contributed by atoms with E-state index in [1.807, 2.05) is 24.3 Å². The molecule has 3 nitrogen and oxygen atoms in total. The van der Waals surface area contributed by atoms with Crippen LogP contribution in [-0.2, 0) is 13.0 Å². The maximum Gasteiger partial charge on any atom is 0.228 e. The Hall–Kier alpha value is -1.38. The first kappa shape index (κ1) is 17.7. The SMILES string of the molecule is CCCCCCCCCCCc1ccc(C[N+](=O)[O-])cc1. The highest BCUT2D eigenvalue weighted by Crippen LogP contribution is 2.12. The maximum atomic E-state index is 10.4. The van der Waals surface area contributed by atoms with Crippen molar-refractivity contribution in [2.75, 3.05) is 0 Å². The summed E-state index contributed by atoms with van der Waals surface area (Å²) in [6, 6.07) is 7.82. The van der Waals surface area contributed by atoms with Gasteiger partial charge in [-0.25, -0.2) is 0 Å². The minimum absolute atomic E-state index is 0.0711. The molecule has 0 saturated carbocycles. The summed E-state index contributed by atoms with van der Waals surface area (Å²) in [4.78, 5) is 10.1. The highest BCUT2D eigenvalue weighted by atomic mass is 16.6. The number of aryl methyl sites for hydroxylation is 1. The molecule has 0 fully saturated rings. The predicted molar refractivity (Wildman–Crippen MR) is 88.1 cm³/mol.